The molecule has 0 bridgehead atoms. The smallest absolute Gasteiger partial charge is 0.0492 e. The third-order valence-corrected chi connectivity index (χ3v) is 4.54. The van der Waals surface area contributed by atoms with Crippen molar-refractivity contribution in [3.8, 4) is 0 Å². The number of nitrogens with zero attached hydrogens (tertiary/aromatic N) is 2. The molecule has 0 radical (unpaired) electrons. The highest BCUT2D eigenvalue weighted by molar-refractivity contribution is 9.10. The van der Waals surface area contributed by atoms with Gasteiger partial charge in [-0.2, -0.15) is 5.10 Å². The molecule has 1 aromatic carbocycles. The molecule has 0 amide bonds. The second kappa shape index (κ2) is 7.04. The molecule has 108 valence electrons. The topological polar surface area (TPSA) is 29.9 Å². The van der Waals surface area contributed by atoms with Crippen molar-refractivity contribution in [2.45, 2.75) is 32.7 Å². The summed E-state index contributed by atoms with van der Waals surface area (Å²) in [7, 11) is 2.00. The number of benzene rings is 1. The van der Waals surface area contributed by atoms with Gasteiger partial charge in [0.1, 0.15) is 0 Å². The van der Waals surface area contributed by atoms with Crippen LogP contribution in [0.2, 0.25) is 0 Å². The Kier molecular flexibility index (Phi) is 5.38. The summed E-state index contributed by atoms with van der Waals surface area (Å²) < 4.78 is 3.12. The number of aryl methyl sites for hydroxylation is 3. The minimum Gasteiger partial charge on any atom is -0.310 e. The van der Waals surface area contributed by atoms with Crippen LogP contribution in [0.4, 0.5) is 0 Å². The maximum atomic E-state index is 4.23. The van der Waals surface area contributed by atoms with Crippen LogP contribution in [0.5, 0.6) is 0 Å². The van der Waals surface area contributed by atoms with Crippen LogP contribution in [-0.2, 0) is 13.5 Å². The number of aromatic nitrogens is 2. The Morgan fingerprint density at radius 1 is 1.35 bits per heavy atom. The monoisotopic (exact) mass is 335 g/mol. The molecule has 1 heterocycles. The number of nitrogens with one attached hydrogen (secondary N) is 1. The Morgan fingerprint density at radius 3 is 2.75 bits per heavy atom. The summed E-state index contributed by atoms with van der Waals surface area (Å²) in [5.41, 5.74) is 3.92. The van der Waals surface area contributed by atoms with E-state index >= 15 is 0 Å². The van der Waals surface area contributed by atoms with Crippen molar-refractivity contribution in [1.82, 2.24) is 15.1 Å². The van der Waals surface area contributed by atoms with Crippen molar-refractivity contribution in [2.24, 2.45) is 7.05 Å². The van der Waals surface area contributed by atoms with Crippen molar-refractivity contribution in [3.05, 3.63) is 51.8 Å². The van der Waals surface area contributed by atoms with Crippen LogP contribution >= 0.6 is 15.9 Å². The highest BCUT2D eigenvalue weighted by Crippen LogP contribution is 2.24. The summed E-state index contributed by atoms with van der Waals surface area (Å²) >= 11 is 3.57. The summed E-state index contributed by atoms with van der Waals surface area (Å²) in [5, 5.41) is 7.81. The van der Waals surface area contributed by atoms with E-state index in [-0.39, 0.29) is 0 Å². The molecule has 0 spiro atoms. The highest BCUT2D eigenvalue weighted by atomic mass is 79.9. The molecule has 0 saturated heterocycles. The molecule has 4 heteroatoms. The summed E-state index contributed by atoms with van der Waals surface area (Å²) in [5.74, 6) is 0. The van der Waals surface area contributed by atoms with Crippen molar-refractivity contribution >= 4 is 15.9 Å². The maximum Gasteiger partial charge on any atom is 0.0492 e. The molecule has 1 atom stereocenters. The van der Waals surface area contributed by atoms with Crippen molar-refractivity contribution in [2.75, 3.05) is 6.54 Å². The van der Waals surface area contributed by atoms with E-state index in [1.54, 1.807) is 0 Å². The highest BCUT2D eigenvalue weighted by Gasteiger charge is 2.12. The second-order valence-electron chi connectivity index (χ2n) is 5.10. The van der Waals surface area contributed by atoms with Gasteiger partial charge in [-0.25, -0.2) is 0 Å². The lowest BCUT2D eigenvalue weighted by atomic mass is 9.99. The lowest BCUT2D eigenvalue weighted by Crippen LogP contribution is -2.22. The van der Waals surface area contributed by atoms with Crippen LogP contribution in [0.25, 0.3) is 0 Å². The second-order valence-corrected chi connectivity index (χ2v) is 5.96. The van der Waals surface area contributed by atoms with Gasteiger partial charge >= 0.3 is 0 Å². The molecular weight excluding hydrogens is 314 g/mol. The molecule has 1 N–H and O–H groups in total. The molecule has 0 fully saturated rings. The van der Waals surface area contributed by atoms with E-state index < -0.39 is 0 Å². The minimum absolute atomic E-state index is 0.390. The normalized spacial score (nSPS) is 12.6. The van der Waals surface area contributed by atoms with Gasteiger partial charge in [-0.05, 0) is 49.6 Å². The fourth-order valence-corrected chi connectivity index (χ4v) is 2.70. The molecule has 1 unspecified atom stereocenters. The summed E-state index contributed by atoms with van der Waals surface area (Å²) in [6.07, 6.45) is 3.97. The first-order chi connectivity index (χ1) is 9.61. The third kappa shape index (κ3) is 3.70. The fraction of sp³-hybridized carbons (Fsp3) is 0.438. The zero-order valence-electron chi connectivity index (χ0n) is 12.4. The summed E-state index contributed by atoms with van der Waals surface area (Å²) in [6.45, 7) is 5.27. The average molecular weight is 336 g/mol. The van der Waals surface area contributed by atoms with E-state index in [2.05, 4.69) is 64.5 Å². The van der Waals surface area contributed by atoms with E-state index in [1.165, 1.54) is 21.3 Å². The first-order valence-electron chi connectivity index (χ1n) is 7.08. The van der Waals surface area contributed by atoms with Gasteiger partial charge in [-0.1, -0.05) is 35.0 Å². The number of hydrogen-bond donors (Lipinski definition) is 1. The van der Waals surface area contributed by atoms with Crippen LogP contribution < -0.4 is 5.32 Å². The molecule has 0 aliphatic carbocycles. The molecular formula is C16H22BrN3. The maximum absolute atomic E-state index is 4.23. The zero-order valence-corrected chi connectivity index (χ0v) is 13.9. The van der Waals surface area contributed by atoms with Gasteiger partial charge in [0.15, 0.2) is 0 Å². The molecule has 2 aromatic rings. The first kappa shape index (κ1) is 15.3. The molecule has 0 saturated carbocycles. The summed E-state index contributed by atoms with van der Waals surface area (Å²) in [4.78, 5) is 0. The molecule has 3 nitrogen and oxygen atoms in total. The molecule has 2 rings (SSSR count). The molecule has 0 aliphatic heterocycles. The number of halogens is 1. The van der Waals surface area contributed by atoms with Gasteiger partial charge in [-0.15, -0.1) is 0 Å². The van der Waals surface area contributed by atoms with Gasteiger partial charge in [0.2, 0.25) is 0 Å². The first-order valence-corrected chi connectivity index (χ1v) is 7.87. The average Bonchev–Trinajstić information content (AvgIpc) is 2.83. The Morgan fingerprint density at radius 2 is 2.15 bits per heavy atom. The minimum atomic E-state index is 0.390. The molecule has 0 aliphatic rings. The van der Waals surface area contributed by atoms with Crippen molar-refractivity contribution in [3.63, 3.8) is 0 Å². The Bertz CT molecular complexity index is 563. The van der Waals surface area contributed by atoms with Crippen LogP contribution in [-0.4, -0.2) is 16.3 Å². The number of rotatable bonds is 6. The summed E-state index contributed by atoms with van der Waals surface area (Å²) in [6, 6.07) is 9.09. The van der Waals surface area contributed by atoms with E-state index in [1.807, 2.05) is 17.9 Å². The predicted octanol–water partition coefficient (Wildman–Crippen LogP) is 3.77. The Labute approximate surface area is 129 Å². The van der Waals surface area contributed by atoms with Gasteiger partial charge in [0.25, 0.3) is 0 Å². The van der Waals surface area contributed by atoms with Crippen molar-refractivity contribution < 1.29 is 0 Å². The van der Waals surface area contributed by atoms with Crippen LogP contribution in [0, 0.1) is 6.92 Å². The van der Waals surface area contributed by atoms with Gasteiger partial charge < -0.3 is 5.32 Å². The van der Waals surface area contributed by atoms with Crippen LogP contribution in [0.15, 0.2) is 34.9 Å². The SMILES string of the molecule is CCNC(CCc1ccnn1C)c1ccc(Br)c(C)c1. The fourth-order valence-electron chi connectivity index (χ4n) is 2.46. The Balaban J connectivity index is 2.10. The molecule has 1 aromatic heterocycles. The van der Waals surface area contributed by atoms with Gasteiger partial charge in [0.05, 0.1) is 0 Å². The lowest BCUT2D eigenvalue weighted by molar-refractivity contribution is 0.506. The van der Waals surface area contributed by atoms with E-state index in [4.69, 9.17) is 0 Å². The van der Waals surface area contributed by atoms with Crippen LogP contribution in [0.3, 0.4) is 0 Å². The van der Waals surface area contributed by atoms with E-state index in [0.29, 0.717) is 6.04 Å². The van der Waals surface area contributed by atoms with Crippen molar-refractivity contribution in [1.29, 1.82) is 0 Å². The third-order valence-electron chi connectivity index (χ3n) is 3.65. The van der Waals surface area contributed by atoms with Crippen LogP contribution in [0.1, 0.15) is 36.2 Å². The quantitative estimate of drug-likeness (QED) is 0.870. The lowest BCUT2D eigenvalue weighted by Gasteiger charge is -2.19. The van der Waals surface area contributed by atoms with Gasteiger partial charge in [0, 0.05) is 29.5 Å². The standard InChI is InChI=1S/C16H22BrN3/c1-4-18-16(8-6-14-9-10-19-20(14)3)13-5-7-15(17)12(2)11-13/h5,7,9-11,16,18H,4,6,8H2,1-3H3. The molecule has 20 heavy (non-hydrogen) atoms. The largest absolute Gasteiger partial charge is 0.310 e. The number of hydrogen-bond acceptors (Lipinski definition) is 2. The van der Waals surface area contributed by atoms with E-state index in [0.717, 1.165) is 19.4 Å². The Hall–Kier alpha value is -1.13. The van der Waals surface area contributed by atoms with Gasteiger partial charge in [-0.3, -0.25) is 4.68 Å². The predicted molar refractivity (Wildman–Crippen MR) is 86.8 cm³/mol. The van der Waals surface area contributed by atoms with E-state index in [9.17, 15) is 0 Å². The zero-order chi connectivity index (χ0) is 14.5.